The molecule has 1 heterocycles. The van der Waals surface area contributed by atoms with Crippen LogP contribution in [0, 0.1) is 0 Å². The van der Waals surface area contributed by atoms with Gasteiger partial charge in [0.15, 0.2) is 5.13 Å². The SMILES string of the molecule is C[C@H](N)C(=O)Nc1nc2c(s1)CCCCC2C(=O)NC1CCCc2ccccc21. The molecule has 0 aliphatic heterocycles. The lowest BCUT2D eigenvalue weighted by Gasteiger charge is -2.28. The highest BCUT2D eigenvalue weighted by atomic mass is 32.1. The highest BCUT2D eigenvalue weighted by Gasteiger charge is 2.31. The number of anilines is 1. The summed E-state index contributed by atoms with van der Waals surface area (Å²) in [5, 5.41) is 6.63. The van der Waals surface area contributed by atoms with Crippen molar-refractivity contribution in [3.8, 4) is 0 Å². The molecule has 3 atom stereocenters. The molecule has 2 aliphatic carbocycles. The number of nitrogens with one attached hydrogen (secondary N) is 2. The zero-order valence-corrected chi connectivity index (χ0v) is 17.6. The van der Waals surface area contributed by atoms with E-state index in [0.717, 1.165) is 55.5 Å². The molecule has 0 saturated heterocycles. The lowest BCUT2D eigenvalue weighted by molar-refractivity contribution is -0.123. The summed E-state index contributed by atoms with van der Waals surface area (Å²) in [5.41, 5.74) is 9.05. The second-order valence-corrected chi connectivity index (χ2v) is 9.14. The van der Waals surface area contributed by atoms with Crippen molar-refractivity contribution >= 4 is 28.3 Å². The van der Waals surface area contributed by atoms with Crippen molar-refractivity contribution in [1.82, 2.24) is 10.3 Å². The second-order valence-electron chi connectivity index (χ2n) is 8.06. The summed E-state index contributed by atoms with van der Waals surface area (Å²) in [6, 6.07) is 7.86. The van der Waals surface area contributed by atoms with Crippen LogP contribution in [0.3, 0.4) is 0 Å². The first-order chi connectivity index (χ1) is 14.0. The largest absolute Gasteiger partial charge is 0.349 e. The molecular formula is C22H28N4O2S. The molecule has 0 radical (unpaired) electrons. The Labute approximate surface area is 175 Å². The lowest BCUT2D eigenvalue weighted by Crippen LogP contribution is -2.35. The van der Waals surface area contributed by atoms with Crippen LogP contribution in [-0.4, -0.2) is 22.8 Å². The van der Waals surface area contributed by atoms with E-state index in [1.807, 2.05) is 6.07 Å². The molecule has 29 heavy (non-hydrogen) atoms. The number of thiazole rings is 1. The van der Waals surface area contributed by atoms with E-state index < -0.39 is 6.04 Å². The Morgan fingerprint density at radius 3 is 2.83 bits per heavy atom. The Kier molecular flexibility index (Phi) is 5.96. The molecule has 2 aliphatic rings. The monoisotopic (exact) mass is 412 g/mol. The summed E-state index contributed by atoms with van der Waals surface area (Å²) in [6.45, 7) is 1.64. The summed E-state index contributed by atoms with van der Waals surface area (Å²) in [5.74, 6) is -0.474. The minimum atomic E-state index is -0.593. The minimum Gasteiger partial charge on any atom is -0.349 e. The Morgan fingerprint density at radius 1 is 1.17 bits per heavy atom. The zero-order valence-electron chi connectivity index (χ0n) is 16.7. The average molecular weight is 413 g/mol. The third kappa shape index (κ3) is 4.36. The standard InChI is InChI=1S/C22H28N4O2S/c1-13(23)20(27)26-22-25-19-16(10-4-5-12-18(19)29-22)21(28)24-17-11-6-8-14-7-2-3-9-15(14)17/h2-3,7,9,13,16-17H,4-6,8,10-12,23H2,1H3,(H,24,28)(H,25,26,27)/t13-,16?,17?/m0/s1. The minimum absolute atomic E-state index is 0.0465. The van der Waals surface area contributed by atoms with Gasteiger partial charge in [0, 0.05) is 4.88 Å². The third-order valence-corrected chi connectivity index (χ3v) is 6.90. The number of aryl methyl sites for hydroxylation is 2. The molecule has 1 aromatic carbocycles. The molecule has 4 N–H and O–H groups in total. The number of aromatic nitrogens is 1. The first-order valence-electron chi connectivity index (χ1n) is 10.5. The number of hydrogen-bond donors (Lipinski definition) is 3. The summed E-state index contributed by atoms with van der Waals surface area (Å²) < 4.78 is 0. The van der Waals surface area contributed by atoms with Gasteiger partial charge in [-0.3, -0.25) is 9.59 Å². The van der Waals surface area contributed by atoms with Gasteiger partial charge < -0.3 is 16.4 Å². The van der Waals surface area contributed by atoms with Crippen LogP contribution in [0.5, 0.6) is 0 Å². The molecular weight excluding hydrogens is 384 g/mol. The van der Waals surface area contributed by atoms with Gasteiger partial charge in [-0.05, 0) is 56.6 Å². The van der Waals surface area contributed by atoms with Gasteiger partial charge in [0.25, 0.3) is 0 Å². The Morgan fingerprint density at radius 2 is 2.00 bits per heavy atom. The van der Waals surface area contributed by atoms with E-state index in [1.54, 1.807) is 6.92 Å². The molecule has 2 amide bonds. The van der Waals surface area contributed by atoms with Gasteiger partial charge in [0.2, 0.25) is 11.8 Å². The zero-order chi connectivity index (χ0) is 20.4. The molecule has 7 heteroatoms. The van der Waals surface area contributed by atoms with Gasteiger partial charge in [0.05, 0.1) is 23.7 Å². The van der Waals surface area contributed by atoms with Crippen molar-refractivity contribution in [1.29, 1.82) is 0 Å². The summed E-state index contributed by atoms with van der Waals surface area (Å²) in [7, 11) is 0. The van der Waals surface area contributed by atoms with Crippen LogP contribution in [0.15, 0.2) is 24.3 Å². The molecule has 2 unspecified atom stereocenters. The van der Waals surface area contributed by atoms with E-state index in [4.69, 9.17) is 5.73 Å². The van der Waals surface area contributed by atoms with Crippen LogP contribution in [-0.2, 0) is 22.4 Å². The quantitative estimate of drug-likeness (QED) is 0.670. The van der Waals surface area contributed by atoms with Gasteiger partial charge in [-0.1, -0.05) is 30.7 Å². The molecule has 0 spiro atoms. The predicted molar refractivity (Wildman–Crippen MR) is 115 cm³/mol. The summed E-state index contributed by atoms with van der Waals surface area (Å²) in [4.78, 5) is 31.0. The van der Waals surface area contributed by atoms with Gasteiger partial charge in [-0.15, -0.1) is 11.3 Å². The summed E-state index contributed by atoms with van der Waals surface area (Å²) >= 11 is 1.47. The van der Waals surface area contributed by atoms with Crippen molar-refractivity contribution in [3.05, 3.63) is 46.0 Å². The fourth-order valence-corrected chi connectivity index (χ4v) is 5.36. The number of rotatable bonds is 4. The van der Waals surface area contributed by atoms with Gasteiger partial charge >= 0.3 is 0 Å². The third-order valence-electron chi connectivity index (χ3n) is 5.85. The fourth-order valence-electron chi connectivity index (χ4n) is 4.29. The molecule has 0 saturated carbocycles. The Bertz CT molecular complexity index is 908. The average Bonchev–Trinajstić information content (AvgIpc) is 2.99. The number of benzene rings is 1. The van der Waals surface area contributed by atoms with Crippen molar-refractivity contribution in [2.75, 3.05) is 5.32 Å². The highest BCUT2D eigenvalue weighted by molar-refractivity contribution is 7.15. The van der Waals surface area contributed by atoms with Crippen LogP contribution < -0.4 is 16.4 Å². The van der Waals surface area contributed by atoms with Crippen molar-refractivity contribution in [2.45, 2.75) is 69.9 Å². The van der Waals surface area contributed by atoms with Crippen molar-refractivity contribution in [3.63, 3.8) is 0 Å². The van der Waals surface area contributed by atoms with E-state index in [9.17, 15) is 9.59 Å². The van der Waals surface area contributed by atoms with E-state index in [2.05, 4.69) is 33.8 Å². The van der Waals surface area contributed by atoms with Crippen LogP contribution >= 0.6 is 11.3 Å². The maximum Gasteiger partial charge on any atom is 0.242 e. The first-order valence-corrected chi connectivity index (χ1v) is 11.3. The van der Waals surface area contributed by atoms with Crippen LogP contribution in [0.2, 0.25) is 0 Å². The number of carbonyl (C=O) groups excluding carboxylic acids is 2. The number of carbonyl (C=O) groups is 2. The van der Waals surface area contributed by atoms with Crippen LogP contribution in [0.1, 0.15) is 72.7 Å². The normalized spacial score (nSPS) is 22.0. The molecule has 0 bridgehead atoms. The van der Waals surface area contributed by atoms with Crippen molar-refractivity contribution < 1.29 is 9.59 Å². The molecule has 154 valence electrons. The van der Waals surface area contributed by atoms with Crippen molar-refractivity contribution in [2.24, 2.45) is 5.73 Å². The van der Waals surface area contributed by atoms with E-state index in [0.29, 0.717) is 5.13 Å². The molecule has 0 fully saturated rings. The van der Waals surface area contributed by atoms with Gasteiger partial charge in [0.1, 0.15) is 0 Å². The number of hydrogen-bond acceptors (Lipinski definition) is 5. The maximum atomic E-state index is 13.3. The molecule has 4 rings (SSSR count). The predicted octanol–water partition coefficient (Wildman–Crippen LogP) is 3.43. The Balaban J connectivity index is 1.54. The molecule has 2 aromatic rings. The topological polar surface area (TPSA) is 97.1 Å². The number of nitrogens with two attached hydrogens (primary N) is 1. The van der Waals surface area contributed by atoms with Gasteiger partial charge in [-0.25, -0.2) is 4.98 Å². The van der Waals surface area contributed by atoms with E-state index >= 15 is 0 Å². The molecule has 1 aromatic heterocycles. The Hall–Kier alpha value is -2.25. The van der Waals surface area contributed by atoms with Gasteiger partial charge in [-0.2, -0.15) is 0 Å². The van der Waals surface area contributed by atoms with E-state index in [1.165, 1.54) is 22.5 Å². The second kappa shape index (κ2) is 8.63. The number of fused-ring (bicyclic) bond motifs is 2. The lowest BCUT2D eigenvalue weighted by atomic mass is 9.87. The van der Waals surface area contributed by atoms with Crippen LogP contribution in [0.4, 0.5) is 5.13 Å². The van der Waals surface area contributed by atoms with E-state index in [-0.39, 0.29) is 23.8 Å². The number of nitrogens with zero attached hydrogens (tertiary/aromatic N) is 1. The number of amides is 2. The first kappa shape index (κ1) is 20.0. The maximum absolute atomic E-state index is 13.3. The highest BCUT2D eigenvalue weighted by Crippen LogP contribution is 2.37. The smallest absolute Gasteiger partial charge is 0.242 e. The van der Waals surface area contributed by atoms with Crippen LogP contribution in [0.25, 0.3) is 0 Å². The summed E-state index contributed by atoms with van der Waals surface area (Å²) in [6.07, 6.45) is 6.85. The fraction of sp³-hybridized carbons (Fsp3) is 0.500. The molecule has 6 nitrogen and oxygen atoms in total.